The maximum absolute atomic E-state index is 12.7. The van der Waals surface area contributed by atoms with Crippen molar-refractivity contribution >= 4 is 30.3 Å². The number of hydrogen-bond donors (Lipinski definition) is 3. The normalized spacial score (nSPS) is 31.8. The molecule has 2 aliphatic heterocycles. The fourth-order valence-electron chi connectivity index (χ4n) is 4.10. The minimum Gasteiger partial charge on any atom is -0.353 e. The Labute approximate surface area is 155 Å². The molecule has 0 bridgehead atoms. The molecule has 3 rings (SSSR count). The lowest BCUT2D eigenvalue weighted by Gasteiger charge is -2.34. The van der Waals surface area contributed by atoms with E-state index in [9.17, 15) is 14.4 Å². The van der Waals surface area contributed by atoms with E-state index in [-0.39, 0.29) is 30.8 Å². The van der Waals surface area contributed by atoms with E-state index in [2.05, 4.69) is 22.9 Å². The number of rotatable bonds is 5. The second kappa shape index (κ2) is 8.36. The number of nitrogens with one attached hydrogen (secondary N) is 3. The van der Waals surface area contributed by atoms with Gasteiger partial charge in [-0.3, -0.25) is 14.5 Å². The molecule has 1 unspecified atom stereocenters. The molecule has 0 aromatic carbocycles. The number of amides is 4. The average Bonchev–Trinajstić information content (AvgIpc) is 3.17. The van der Waals surface area contributed by atoms with Gasteiger partial charge < -0.3 is 16.0 Å². The van der Waals surface area contributed by atoms with Crippen LogP contribution in [-0.2, 0) is 9.59 Å². The highest BCUT2D eigenvalue weighted by Gasteiger charge is 2.52. The Morgan fingerprint density at radius 2 is 2.00 bits per heavy atom. The van der Waals surface area contributed by atoms with Crippen molar-refractivity contribution < 1.29 is 14.4 Å². The van der Waals surface area contributed by atoms with E-state index in [1.54, 1.807) is 0 Å². The van der Waals surface area contributed by atoms with Gasteiger partial charge in [-0.2, -0.15) is 0 Å². The minimum atomic E-state index is -0.768. The molecule has 2 heterocycles. The summed E-state index contributed by atoms with van der Waals surface area (Å²) in [6.07, 6.45) is 6.55. The highest BCUT2D eigenvalue weighted by molar-refractivity contribution is 6.09. The maximum atomic E-state index is 12.7. The zero-order valence-corrected chi connectivity index (χ0v) is 15.6. The van der Waals surface area contributed by atoms with Gasteiger partial charge in [-0.1, -0.05) is 13.3 Å². The molecule has 0 aromatic rings. The van der Waals surface area contributed by atoms with Crippen LogP contribution in [0.5, 0.6) is 0 Å². The summed E-state index contributed by atoms with van der Waals surface area (Å²) in [5, 5.41) is 8.99. The first-order valence-corrected chi connectivity index (χ1v) is 9.18. The molecule has 1 spiro atoms. The third-order valence-electron chi connectivity index (χ3n) is 5.79. The zero-order valence-electron chi connectivity index (χ0n) is 14.8. The van der Waals surface area contributed by atoms with Crippen LogP contribution >= 0.6 is 12.4 Å². The molecule has 0 radical (unpaired) electrons. The molecule has 142 valence electrons. The number of nitrogens with zero attached hydrogens (tertiary/aromatic N) is 1. The Balaban J connectivity index is 0.00000225. The van der Waals surface area contributed by atoms with Gasteiger partial charge in [0.1, 0.15) is 12.1 Å². The first-order chi connectivity index (χ1) is 11.5. The summed E-state index contributed by atoms with van der Waals surface area (Å²) in [5.41, 5.74) is -0.768. The lowest BCUT2D eigenvalue weighted by molar-refractivity contribution is -0.136. The largest absolute Gasteiger partial charge is 0.353 e. The maximum Gasteiger partial charge on any atom is 0.325 e. The van der Waals surface area contributed by atoms with Crippen LogP contribution in [0.4, 0.5) is 4.79 Å². The number of carbonyl (C=O) groups excluding carboxylic acids is 3. The molecule has 0 aromatic heterocycles. The van der Waals surface area contributed by atoms with E-state index < -0.39 is 11.6 Å². The monoisotopic (exact) mass is 372 g/mol. The molecule has 1 atom stereocenters. The highest BCUT2D eigenvalue weighted by atomic mass is 35.5. The van der Waals surface area contributed by atoms with Crippen molar-refractivity contribution in [3.63, 3.8) is 0 Å². The molecule has 4 amide bonds. The molecular formula is C17H29ClN4O3. The topological polar surface area (TPSA) is 90.5 Å². The predicted octanol–water partition coefficient (Wildman–Crippen LogP) is 1.17. The van der Waals surface area contributed by atoms with Gasteiger partial charge >= 0.3 is 6.03 Å². The van der Waals surface area contributed by atoms with E-state index in [1.807, 2.05) is 0 Å². The summed E-state index contributed by atoms with van der Waals surface area (Å²) in [5.74, 6) is 0.138. The Bertz CT molecular complexity index is 514. The van der Waals surface area contributed by atoms with Crippen LogP contribution in [0, 0.1) is 5.92 Å². The van der Waals surface area contributed by atoms with Crippen molar-refractivity contribution in [2.75, 3.05) is 19.6 Å². The predicted molar refractivity (Wildman–Crippen MR) is 96.5 cm³/mol. The number of hydrogen-bond acceptors (Lipinski definition) is 4. The summed E-state index contributed by atoms with van der Waals surface area (Å²) in [6, 6.07) is -0.128. The van der Waals surface area contributed by atoms with Gasteiger partial charge in [0.25, 0.3) is 5.91 Å². The van der Waals surface area contributed by atoms with Gasteiger partial charge in [-0.15, -0.1) is 12.4 Å². The van der Waals surface area contributed by atoms with Crippen LogP contribution in [0.25, 0.3) is 0 Å². The van der Waals surface area contributed by atoms with Crippen LogP contribution in [0.3, 0.4) is 0 Å². The number of halogens is 1. The Hall–Kier alpha value is -1.34. The van der Waals surface area contributed by atoms with Crippen LogP contribution in [0.1, 0.15) is 51.9 Å². The minimum absolute atomic E-state index is 0. The molecule has 2 saturated heterocycles. The van der Waals surface area contributed by atoms with Crippen LogP contribution in [-0.4, -0.2) is 54.0 Å². The summed E-state index contributed by atoms with van der Waals surface area (Å²) < 4.78 is 0. The van der Waals surface area contributed by atoms with Gasteiger partial charge in [-0.25, -0.2) is 4.79 Å². The van der Waals surface area contributed by atoms with E-state index in [4.69, 9.17) is 0 Å². The van der Waals surface area contributed by atoms with Gasteiger partial charge in [-0.05, 0) is 51.0 Å². The lowest BCUT2D eigenvalue weighted by atomic mass is 9.75. The molecule has 7 nitrogen and oxygen atoms in total. The van der Waals surface area contributed by atoms with E-state index >= 15 is 0 Å². The fourth-order valence-corrected chi connectivity index (χ4v) is 4.10. The van der Waals surface area contributed by atoms with Gasteiger partial charge in [0.05, 0.1) is 0 Å². The third kappa shape index (κ3) is 4.26. The SMILES string of the molecule is CCC1CCC2(CC1)NC(=O)N(CC(=O)NCC1CCCN1)C2=O.Cl. The Morgan fingerprint density at radius 3 is 2.60 bits per heavy atom. The summed E-state index contributed by atoms with van der Waals surface area (Å²) in [4.78, 5) is 38.1. The quantitative estimate of drug-likeness (QED) is 0.632. The summed E-state index contributed by atoms with van der Waals surface area (Å²) >= 11 is 0. The smallest absolute Gasteiger partial charge is 0.325 e. The molecule has 3 fully saturated rings. The second-order valence-corrected chi connectivity index (χ2v) is 7.35. The van der Waals surface area contributed by atoms with E-state index in [1.165, 1.54) is 0 Å². The van der Waals surface area contributed by atoms with Crippen LogP contribution in [0.15, 0.2) is 0 Å². The number of imide groups is 1. The van der Waals surface area contributed by atoms with Crippen LogP contribution in [0.2, 0.25) is 0 Å². The van der Waals surface area contributed by atoms with E-state index in [0.29, 0.717) is 31.3 Å². The average molecular weight is 373 g/mol. The highest BCUT2D eigenvalue weighted by Crippen LogP contribution is 2.37. The second-order valence-electron chi connectivity index (χ2n) is 7.35. The number of urea groups is 1. The molecule has 3 N–H and O–H groups in total. The van der Waals surface area contributed by atoms with Gasteiger partial charge in [0.2, 0.25) is 5.91 Å². The number of carbonyl (C=O) groups is 3. The first kappa shape index (κ1) is 20.0. The Kier molecular flexibility index (Phi) is 6.68. The summed E-state index contributed by atoms with van der Waals surface area (Å²) in [7, 11) is 0. The standard InChI is InChI=1S/C17H28N4O3.ClH/c1-2-12-5-7-17(8-6-12)15(23)21(16(24)20-17)11-14(22)19-10-13-4-3-9-18-13;/h12-13,18H,2-11H2,1H3,(H,19,22)(H,20,24);1H. The fraction of sp³-hybridized carbons (Fsp3) is 0.824. The van der Waals surface area contributed by atoms with Crippen molar-refractivity contribution in [3.05, 3.63) is 0 Å². The van der Waals surface area contributed by atoms with E-state index in [0.717, 1.165) is 43.5 Å². The van der Waals surface area contributed by atoms with Crippen LogP contribution < -0.4 is 16.0 Å². The van der Waals surface area contributed by atoms with Crippen molar-refractivity contribution in [3.8, 4) is 0 Å². The zero-order chi connectivity index (χ0) is 17.2. The molecule has 25 heavy (non-hydrogen) atoms. The van der Waals surface area contributed by atoms with Gasteiger partial charge in [0, 0.05) is 12.6 Å². The molecule has 1 saturated carbocycles. The lowest BCUT2D eigenvalue weighted by Crippen LogP contribution is -2.50. The molecule has 1 aliphatic carbocycles. The molecular weight excluding hydrogens is 344 g/mol. The molecule has 8 heteroatoms. The Morgan fingerprint density at radius 1 is 1.28 bits per heavy atom. The third-order valence-corrected chi connectivity index (χ3v) is 5.79. The first-order valence-electron chi connectivity index (χ1n) is 9.18. The van der Waals surface area contributed by atoms with Gasteiger partial charge in [0.15, 0.2) is 0 Å². The van der Waals surface area contributed by atoms with Crippen molar-refractivity contribution in [1.82, 2.24) is 20.9 Å². The molecule has 3 aliphatic rings. The van der Waals surface area contributed by atoms with Crippen molar-refractivity contribution in [2.24, 2.45) is 5.92 Å². The van der Waals surface area contributed by atoms with Crippen molar-refractivity contribution in [1.29, 1.82) is 0 Å². The van der Waals surface area contributed by atoms with Crippen molar-refractivity contribution in [2.45, 2.75) is 63.5 Å². The summed E-state index contributed by atoms with van der Waals surface area (Å²) in [6.45, 7) is 3.50.